The first-order valence-electron chi connectivity index (χ1n) is 32.1. The molecular weight excluding hydrogens is 901 g/mol. The van der Waals surface area contributed by atoms with Gasteiger partial charge < -0.3 is 14.2 Å². The molecule has 0 N–H and O–H groups in total. The third-order valence-corrected chi connectivity index (χ3v) is 14.3. The summed E-state index contributed by atoms with van der Waals surface area (Å²) >= 11 is 0. The SMILES string of the molecule is CC/C=C\C/C=C\C/C=C\C/C=C\CCCCCCCCCCCCCCC(=O)OCC(COC(=O)CCCCCCCCCCCCCC)OC(=O)CCCCCCCCCCCCCCCCCCCC. The van der Waals surface area contributed by atoms with Crippen molar-refractivity contribution < 1.29 is 28.6 Å². The summed E-state index contributed by atoms with van der Waals surface area (Å²) in [7, 11) is 0. The molecule has 0 aliphatic carbocycles. The summed E-state index contributed by atoms with van der Waals surface area (Å²) < 4.78 is 16.9. The molecule has 0 fully saturated rings. The van der Waals surface area contributed by atoms with Gasteiger partial charge in [0, 0.05) is 19.3 Å². The number of unbranched alkanes of at least 4 members (excludes halogenated alkanes) is 40. The lowest BCUT2D eigenvalue weighted by atomic mass is 10.0. The molecule has 6 nitrogen and oxygen atoms in total. The average molecular weight is 1020 g/mol. The standard InChI is InChI=1S/C67H122O6/c1-4-7-10-13-16-19-22-25-27-29-31-32-33-34-35-36-37-39-40-42-45-48-51-54-57-60-66(69)72-63-64(62-71-65(68)59-56-53-50-47-44-24-21-18-15-12-9-6-3)73-67(70)61-58-55-52-49-46-43-41-38-30-28-26-23-20-17-14-11-8-5-2/h7,10,16,19,25,27,31-32,64H,4-6,8-9,11-15,17-18,20-24,26,28-30,33-63H2,1-3H3/b10-7-,19-16-,27-25-,32-31-. The summed E-state index contributed by atoms with van der Waals surface area (Å²) in [5, 5.41) is 0. The van der Waals surface area contributed by atoms with Crippen molar-refractivity contribution in [2.75, 3.05) is 13.2 Å². The Kier molecular flexibility index (Phi) is 59.7. The van der Waals surface area contributed by atoms with Crippen molar-refractivity contribution in [3.63, 3.8) is 0 Å². The third kappa shape index (κ3) is 60.1. The fourth-order valence-corrected chi connectivity index (χ4v) is 9.56. The second kappa shape index (κ2) is 61.9. The Morgan fingerprint density at radius 3 is 0.836 bits per heavy atom. The topological polar surface area (TPSA) is 78.9 Å². The van der Waals surface area contributed by atoms with Gasteiger partial charge in [0.2, 0.25) is 0 Å². The highest BCUT2D eigenvalue weighted by Crippen LogP contribution is 2.18. The molecule has 6 heteroatoms. The monoisotopic (exact) mass is 1020 g/mol. The van der Waals surface area contributed by atoms with Crippen molar-refractivity contribution >= 4 is 17.9 Å². The van der Waals surface area contributed by atoms with E-state index in [0.29, 0.717) is 19.3 Å². The molecule has 426 valence electrons. The molecule has 0 bridgehead atoms. The molecule has 0 rings (SSSR count). The Morgan fingerprint density at radius 1 is 0.288 bits per heavy atom. The number of hydrogen-bond donors (Lipinski definition) is 0. The second-order valence-electron chi connectivity index (χ2n) is 21.7. The first-order valence-corrected chi connectivity index (χ1v) is 32.1. The zero-order chi connectivity index (χ0) is 52.9. The lowest BCUT2D eigenvalue weighted by Gasteiger charge is -2.18. The maximum atomic E-state index is 12.9. The Labute approximate surface area is 454 Å². The minimum absolute atomic E-state index is 0.0675. The van der Waals surface area contributed by atoms with E-state index in [1.54, 1.807) is 0 Å². The molecule has 1 unspecified atom stereocenters. The van der Waals surface area contributed by atoms with Crippen LogP contribution in [-0.2, 0) is 28.6 Å². The highest BCUT2D eigenvalue weighted by atomic mass is 16.6. The minimum atomic E-state index is -0.769. The number of rotatable bonds is 59. The van der Waals surface area contributed by atoms with E-state index in [1.807, 2.05) is 0 Å². The molecule has 0 amide bonds. The van der Waals surface area contributed by atoms with Crippen LogP contribution in [0.3, 0.4) is 0 Å². The first kappa shape index (κ1) is 70.4. The van der Waals surface area contributed by atoms with Crippen LogP contribution in [0.2, 0.25) is 0 Å². The van der Waals surface area contributed by atoms with Crippen LogP contribution >= 0.6 is 0 Å². The van der Waals surface area contributed by atoms with Gasteiger partial charge in [-0.05, 0) is 57.8 Å². The molecule has 0 aromatic heterocycles. The predicted molar refractivity (Wildman–Crippen MR) is 316 cm³/mol. The van der Waals surface area contributed by atoms with Crippen LogP contribution in [0.15, 0.2) is 48.6 Å². The highest BCUT2D eigenvalue weighted by molar-refractivity contribution is 5.71. The van der Waals surface area contributed by atoms with Crippen LogP contribution in [0.4, 0.5) is 0 Å². The molecule has 0 aliphatic heterocycles. The van der Waals surface area contributed by atoms with Gasteiger partial charge in [0.05, 0.1) is 0 Å². The van der Waals surface area contributed by atoms with Gasteiger partial charge in [0.1, 0.15) is 13.2 Å². The number of carbonyl (C=O) groups is 3. The van der Waals surface area contributed by atoms with E-state index in [2.05, 4.69) is 69.4 Å². The fraction of sp³-hybridized carbons (Fsp3) is 0.836. The molecule has 0 heterocycles. The van der Waals surface area contributed by atoms with Crippen LogP contribution in [0.1, 0.15) is 342 Å². The molecule has 0 aromatic carbocycles. The number of hydrogen-bond acceptors (Lipinski definition) is 6. The summed E-state index contributed by atoms with van der Waals surface area (Å²) in [4.78, 5) is 38.3. The van der Waals surface area contributed by atoms with Crippen LogP contribution in [0.25, 0.3) is 0 Å². The highest BCUT2D eigenvalue weighted by Gasteiger charge is 2.19. The smallest absolute Gasteiger partial charge is 0.306 e. The van der Waals surface area contributed by atoms with Crippen molar-refractivity contribution in [3.05, 3.63) is 48.6 Å². The largest absolute Gasteiger partial charge is 0.462 e. The van der Waals surface area contributed by atoms with Crippen LogP contribution in [0, 0.1) is 0 Å². The van der Waals surface area contributed by atoms with Crippen LogP contribution in [-0.4, -0.2) is 37.2 Å². The quantitative estimate of drug-likeness (QED) is 0.0261. The maximum absolute atomic E-state index is 12.9. The number of esters is 3. The van der Waals surface area contributed by atoms with Gasteiger partial charge in [-0.3, -0.25) is 14.4 Å². The lowest BCUT2D eigenvalue weighted by molar-refractivity contribution is -0.167. The van der Waals surface area contributed by atoms with Gasteiger partial charge in [-0.25, -0.2) is 0 Å². The summed E-state index contributed by atoms with van der Waals surface area (Å²) in [5.41, 5.74) is 0. The van der Waals surface area contributed by atoms with Crippen molar-refractivity contribution in [2.45, 2.75) is 348 Å². The Hall–Kier alpha value is -2.63. The second-order valence-corrected chi connectivity index (χ2v) is 21.7. The van der Waals surface area contributed by atoms with Gasteiger partial charge in [-0.15, -0.1) is 0 Å². The molecular formula is C67H122O6. The van der Waals surface area contributed by atoms with Gasteiger partial charge in [-0.2, -0.15) is 0 Å². The molecule has 0 aliphatic rings. The number of allylic oxidation sites excluding steroid dienone is 8. The number of carbonyl (C=O) groups excluding carboxylic acids is 3. The van der Waals surface area contributed by atoms with E-state index >= 15 is 0 Å². The molecule has 0 spiro atoms. The summed E-state index contributed by atoms with van der Waals surface area (Å²) in [5.74, 6) is -0.846. The van der Waals surface area contributed by atoms with Crippen LogP contribution in [0.5, 0.6) is 0 Å². The zero-order valence-corrected chi connectivity index (χ0v) is 48.9. The Bertz CT molecular complexity index is 1270. The average Bonchev–Trinajstić information content (AvgIpc) is 3.39. The van der Waals surface area contributed by atoms with Gasteiger partial charge in [0.15, 0.2) is 6.10 Å². The summed E-state index contributed by atoms with van der Waals surface area (Å²) in [6, 6.07) is 0. The van der Waals surface area contributed by atoms with Crippen molar-refractivity contribution in [1.29, 1.82) is 0 Å². The van der Waals surface area contributed by atoms with Crippen molar-refractivity contribution in [2.24, 2.45) is 0 Å². The van der Waals surface area contributed by atoms with Crippen molar-refractivity contribution in [3.8, 4) is 0 Å². The van der Waals surface area contributed by atoms with Gasteiger partial charge in [0.25, 0.3) is 0 Å². The molecule has 0 saturated heterocycles. The van der Waals surface area contributed by atoms with E-state index in [-0.39, 0.29) is 31.1 Å². The van der Waals surface area contributed by atoms with E-state index in [1.165, 1.54) is 218 Å². The van der Waals surface area contributed by atoms with E-state index in [4.69, 9.17) is 14.2 Å². The fourth-order valence-electron chi connectivity index (χ4n) is 9.56. The Morgan fingerprint density at radius 2 is 0.534 bits per heavy atom. The number of ether oxygens (including phenoxy) is 3. The third-order valence-electron chi connectivity index (χ3n) is 14.3. The lowest BCUT2D eigenvalue weighted by Crippen LogP contribution is -2.30. The van der Waals surface area contributed by atoms with Gasteiger partial charge >= 0.3 is 17.9 Å². The van der Waals surface area contributed by atoms with Gasteiger partial charge in [-0.1, -0.05) is 313 Å². The van der Waals surface area contributed by atoms with E-state index in [9.17, 15) is 14.4 Å². The summed E-state index contributed by atoms with van der Waals surface area (Å²) in [6.07, 6.45) is 76.9. The van der Waals surface area contributed by atoms with E-state index in [0.717, 1.165) is 83.5 Å². The molecule has 0 radical (unpaired) electrons. The summed E-state index contributed by atoms with van der Waals surface area (Å²) in [6.45, 7) is 6.58. The van der Waals surface area contributed by atoms with Crippen LogP contribution < -0.4 is 0 Å². The Balaban J connectivity index is 4.24. The maximum Gasteiger partial charge on any atom is 0.306 e. The molecule has 0 saturated carbocycles. The first-order chi connectivity index (χ1) is 36.0. The van der Waals surface area contributed by atoms with Crippen molar-refractivity contribution in [1.82, 2.24) is 0 Å². The van der Waals surface area contributed by atoms with E-state index < -0.39 is 6.10 Å². The molecule has 73 heavy (non-hydrogen) atoms. The zero-order valence-electron chi connectivity index (χ0n) is 48.9. The molecule has 0 aromatic rings. The molecule has 1 atom stereocenters. The predicted octanol–water partition coefficient (Wildman–Crippen LogP) is 21.8. The minimum Gasteiger partial charge on any atom is -0.462 e. The normalized spacial score (nSPS) is 12.3.